The summed E-state index contributed by atoms with van der Waals surface area (Å²) in [5.41, 5.74) is 10.3. The monoisotopic (exact) mass is 1520 g/mol. The molecule has 598 valence electrons. The van der Waals surface area contributed by atoms with Crippen LogP contribution in [0.4, 0.5) is 0 Å². The highest BCUT2D eigenvalue weighted by atomic mass is 16.8. The number of aryl methyl sites for hydroxylation is 4. The lowest BCUT2D eigenvalue weighted by atomic mass is 9.92. The van der Waals surface area contributed by atoms with Crippen molar-refractivity contribution in [2.24, 2.45) is 5.11 Å². The molecule has 6 saturated heterocycles. The molecule has 8 heterocycles. The predicted octanol–water partition coefficient (Wildman–Crippen LogP) is -10.4. The Hall–Kier alpha value is -6.55. The molecule has 106 heavy (non-hydrogen) atoms. The van der Waals surface area contributed by atoms with Gasteiger partial charge in [0.05, 0.1) is 43.4 Å². The van der Waals surface area contributed by atoms with Gasteiger partial charge in [0.15, 0.2) is 49.8 Å². The minimum Gasteiger partial charge on any atom is -0.394 e. The number of ether oxygens (including phenoxy) is 12. The van der Waals surface area contributed by atoms with Crippen LogP contribution in [-0.2, 0) is 112 Å². The number of rotatable bonds is 34. The Morgan fingerprint density at radius 2 is 0.821 bits per heavy atom. The highest BCUT2D eigenvalue weighted by molar-refractivity contribution is 5.83. The van der Waals surface area contributed by atoms with Crippen LogP contribution in [0, 0.1) is 0 Å². The van der Waals surface area contributed by atoms with Gasteiger partial charge in [-0.15, -0.1) is 10.2 Å². The molecule has 0 saturated carbocycles. The van der Waals surface area contributed by atoms with Crippen LogP contribution >= 0.6 is 0 Å². The van der Waals surface area contributed by atoms with Crippen molar-refractivity contribution in [2.45, 2.75) is 271 Å². The van der Waals surface area contributed by atoms with Crippen LogP contribution < -0.4 is 31.9 Å². The molecular weight excluding hydrogens is 1420 g/mol. The molecule has 6 amide bonds. The van der Waals surface area contributed by atoms with E-state index < -0.39 is 239 Å². The summed E-state index contributed by atoms with van der Waals surface area (Å²) in [5.74, 6) is -5.52. The van der Waals surface area contributed by atoms with E-state index in [0.717, 1.165) is 33.6 Å². The molecule has 0 spiro atoms. The average molecular weight is 1520 g/mol. The van der Waals surface area contributed by atoms with Gasteiger partial charge < -0.3 is 150 Å². The lowest BCUT2D eigenvalue weighted by molar-refractivity contribution is -0.375. The first-order valence-electron chi connectivity index (χ1n) is 34.7. The predicted molar refractivity (Wildman–Crippen MR) is 347 cm³/mol. The number of carbonyl (C=O) groups is 6. The van der Waals surface area contributed by atoms with Crippen molar-refractivity contribution in [1.82, 2.24) is 61.9 Å². The van der Waals surface area contributed by atoms with Gasteiger partial charge in [0.25, 0.3) is 17.7 Å². The highest BCUT2D eigenvalue weighted by Crippen LogP contribution is 2.38. The Morgan fingerprint density at radius 1 is 0.481 bits per heavy atom. The lowest BCUT2D eigenvalue weighted by Crippen LogP contribution is -2.72. The fourth-order valence-electron chi connectivity index (χ4n) is 13.0. The topological polar surface area (TPSA) is 638 Å². The van der Waals surface area contributed by atoms with E-state index in [2.05, 4.69) is 62.6 Å². The molecule has 2 aromatic heterocycles. The second kappa shape index (κ2) is 39.7. The second-order valence-corrected chi connectivity index (χ2v) is 26.1. The van der Waals surface area contributed by atoms with E-state index in [4.69, 9.17) is 62.4 Å². The maximum Gasteiger partial charge on any atom is 0.252 e. The van der Waals surface area contributed by atoms with Gasteiger partial charge in [0.2, 0.25) is 17.7 Å². The molecule has 2 aromatic rings. The first-order valence-corrected chi connectivity index (χ1v) is 34.7. The van der Waals surface area contributed by atoms with Gasteiger partial charge in [0.1, 0.15) is 122 Å². The summed E-state index contributed by atoms with van der Waals surface area (Å²) in [4.78, 5) is 84.5. The molecule has 18 N–H and O–H groups in total. The molecule has 0 bridgehead atoms. The molecule has 0 aliphatic carbocycles. The number of methoxy groups -OCH3 is 1. The SMILES string of the molecule is CCc1cn(CCCNC(=O)C2O[C@@H](O[C@@H]3C(NC(C)=O)[C@H](O[C@@H]4C(C(=O)NCCCn5cc(CC)nn5)O[C@@H](O[C@@H]5C(NC(C)=O)[C@H](O[C@@H]6C(C(=O)NCCCN=[N+]=[N-])O[C@@H](O[C@@H]7C(NC(C)=O)[C@H](C)OC(CO)[C@H]7O)C(O)[C@H]6O)OC(CO)[C@H]5O)C(O)[C@H]4O)OC(CO)[C@H]3O)C(O)[C@@H](O)[C@@H]2OC)nn1. The van der Waals surface area contributed by atoms with Crippen molar-refractivity contribution in [3.05, 3.63) is 34.2 Å². The van der Waals surface area contributed by atoms with E-state index in [0.29, 0.717) is 31.5 Å². The Labute approximate surface area is 605 Å². The first-order chi connectivity index (χ1) is 50.6. The Balaban J connectivity index is 1.08. The zero-order valence-electron chi connectivity index (χ0n) is 59.1. The second-order valence-electron chi connectivity index (χ2n) is 26.1. The molecule has 12 unspecified atom stereocenters. The third kappa shape index (κ3) is 20.9. The Morgan fingerprint density at radius 3 is 1.17 bits per heavy atom. The summed E-state index contributed by atoms with van der Waals surface area (Å²) in [5, 5.41) is 173. The fourth-order valence-corrected chi connectivity index (χ4v) is 13.0. The normalized spacial score (nSPS) is 37.6. The molecule has 6 aliphatic rings. The van der Waals surface area contributed by atoms with Crippen LogP contribution in [-0.4, -0.2) is 364 Å². The van der Waals surface area contributed by atoms with Crippen LogP contribution in [0.25, 0.3) is 10.4 Å². The number of hydrogen-bond acceptors (Lipinski definition) is 35. The molecule has 6 fully saturated rings. The van der Waals surface area contributed by atoms with E-state index in [1.165, 1.54) is 11.6 Å². The number of aliphatic hydroxyl groups excluding tert-OH is 12. The Bertz CT molecular complexity index is 3220. The largest absolute Gasteiger partial charge is 0.394 e. The quantitative estimate of drug-likeness (QED) is 0.0134. The van der Waals surface area contributed by atoms with Gasteiger partial charge in [-0.25, -0.2) is 0 Å². The van der Waals surface area contributed by atoms with E-state index in [1.807, 2.05) is 13.8 Å². The number of nitrogens with one attached hydrogen (secondary N) is 6. The molecule has 45 heteroatoms. The van der Waals surface area contributed by atoms with Crippen LogP contribution in [0.2, 0.25) is 0 Å². The van der Waals surface area contributed by atoms with Gasteiger partial charge in [-0.05, 0) is 44.6 Å². The molecular formula is C61H99N15O30. The number of nitrogens with zero attached hydrogens (tertiary/aromatic N) is 9. The molecule has 6 aliphatic heterocycles. The molecule has 0 radical (unpaired) electrons. The van der Waals surface area contributed by atoms with Crippen molar-refractivity contribution >= 4 is 35.4 Å². The zero-order valence-corrected chi connectivity index (χ0v) is 59.1. The van der Waals surface area contributed by atoms with Gasteiger partial charge in [0, 0.05) is 84.5 Å². The van der Waals surface area contributed by atoms with Crippen molar-refractivity contribution in [3.63, 3.8) is 0 Å². The summed E-state index contributed by atoms with van der Waals surface area (Å²) in [6, 6.07) is -5.00. The Kier molecular flexibility index (Phi) is 31.9. The maximum absolute atomic E-state index is 14.8. The summed E-state index contributed by atoms with van der Waals surface area (Å²) in [7, 11) is 1.14. The van der Waals surface area contributed by atoms with Crippen molar-refractivity contribution in [3.8, 4) is 0 Å². The number of aromatic nitrogens is 6. The minimum atomic E-state index is -2.44. The number of carbonyl (C=O) groups excluding carboxylic acids is 6. The van der Waals surface area contributed by atoms with Crippen LogP contribution in [0.1, 0.15) is 72.2 Å². The van der Waals surface area contributed by atoms with Gasteiger partial charge in [-0.1, -0.05) is 29.4 Å². The van der Waals surface area contributed by atoms with Crippen LogP contribution in [0.5, 0.6) is 0 Å². The molecule has 8 rings (SSSR count). The average Bonchev–Trinajstić information content (AvgIpc) is 0.786. The summed E-state index contributed by atoms with van der Waals surface area (Å²) >= 11 is 0. The van der Waals surface area contributed by atoms with Gasteiger partial charge >= 0.3 is 0 Å². The van der Waals surface area contributed by atoms with E-state index in [-0.39, 0.29) is 45.6 Å². The molecule has 30 atom stereocenters. The third-order valence-electron chi connectivity index (χ3n) is 18.5. The van der Waals surface area contributed by atoms with Gasteiger partial charge in [-0.3, -0.25) is 38.1 Å². The molecule has 0 aromatic carbocycles. The van der Waals surface area contributed by atoms with Crippen molar-refractivity contribution in [1.29, 1.82) is 0 Å². The van der Waals surface area contributed by atoms with E-state index >= 15 is 0 Å². The number of amides is 6. The summed E-state index contributed by atoms with van der Waals surface area (Å²) < 4.78 is 75.4. The highest BCUT2D eigenvalue weighted by Gasteiger charge is 2.60. The van der Waals surface area contributed by atoms with Crippen molar-refractivity contribution in [2.75, 3.05) is 53.1 Å². The van der Waals surface area contributed by atoms with Gasteiger partial charge in [-0.2, -0.15) is 0 Å². The summed E-state index contributed by atoms with van der Waals surface area (Å²) in [6.07, 6.45) is -48.3. The third-order valence-corrected chi connectivity index (χ3v) is 18.5. The number of aliphatic hydroxyl groups is 12. The molecule has 45 nitrogen and oxygen atoms in total. The smallest absolute Gasteiger partial charge is 0.252 e. The number of azide groups is 1. The van der Waals surface area contributed by atoms with E-state index in [9.17, 15) is 90.0 Å². The van der Waals surface area contributed by atoms with Crippen molar-refractivity contribution < 1.29 is 147 Å². The van der Waals surface area contributed by atoms with E-state index in [1.54, 1.807) is 17.1 Å². The first kappa shape index (κ1) is 85.1. The number of hydrogen-bond donors (Lipinski definition) is 18. The lowest BCUT2D eigenvalue weighted by Gasteiger charge is -2.51. The fraction of sp³-hybridized carbons (Fsp3) is 0.836. The van der Waals surface area contributed by atoms with Crippen LogP contribution in [0.3, 0.4) is 0 Å². The zero-order chi connectivity index (χ0) is 77.4. The minimum absolute atomic E-state index is 0.0413. The van der Waals surface area contributed by atoms with Crippen LogP contribution in [0.15, 0.2) is 17.5 Å². The summed E-state index contributed by atoms with van der Waals surface area (Å²) in [6.45, 7) is 5.53. The standard InChI is InChI=1S/C61H99N15O30/c1-8-28-19-75(73-70-28)17-11-14-64-54(92)51-48(95-7)39(86)42(89)59(104-51)100-46-34(68-26(5)81)57(97-31(22-78)37(46)84)103-50-41(88)44(91)61(106-53(50)56(94)65-15-12-18-76-20-29(9-2)71-74-76)101-47-35(69-27(6)82)58(98-32(23-79)38(47)85)102-49-40(87)43(90)60(105-52(49)55(93)63-13-10-16-66-72-62)99-45-33(67-25(4)80)24(3)96-30(21-77)36(45)83/h19-20,24,30-53,57-61,77-79,83-91H,8-18,21-23H2,1-7H3,(H,63,93)(H,64,92)(H,65,94)(H,67,80)(H,68,81)(H,69,82)/t24-,30?,31?,32?,33?,34?,35?,36+,37+,38+,39+,40+,41+,42?,43?,44?,45+,46+,47+,48-,49-,50-,51?,52?,53?,57-,58-,59+,60+,61+/m0/s1. The maximum atomic E-state index is 14.8.